The van der Waals surface area contributed by atoms with Crippen molar-refractivity contribution in [2.75, 3.05) is 78.2 Å². The maximum Gasteiger partial charge on any atom is 0.293 e. The van der Waals surface area contributed by atoms with Crippen molar-refractivity contribution in [1.82, 2.24) is 49.7 Å². The minimum atomic E-state index is -0.750. The van der Waals surface area contributed by atoms with Gasteiger partial charge in [-0.3, -0.25) is 43.4 Å². The number of anilines is 1. The molecule has 1 unspecified atom stereocenters. The van der Waals surface area contributed by atoms with Gasteiger partial charge in [0, 0.05) is 124 Å². The summed E-state index contributed by atoms with van der Waals surface area (Å²) in [7, 11) is 5.98. The number of likely N-dealkylation sites (N-methyl/N-ethyl adjacent to an activating group) is 1. The van der Waals surface area contributed by atoms with Crippen LogP contribution in [0.2, 0.25) is 0 Å². The molecule has 4 aromatic rings. The van der Waals surface area contributed by atoms with E-state index in [9.17, 15) is 54.0 Å². The first kappa shape index (κ1) is 51.9. The molecule has 1 aliphatic rings. The van der Waals surface area contributed by atoms with Crippen LogP contribution in [0.3, 0.4) is 0 Å². The van der Waals surface area contributed by atoms with Crippen LogP contribution in [0.25, 0.3) is 0 Å². The van der Waals surface area contributed by atoms with Crippen molar-refractivity contribution in [3.05, 3.63) is 150 Å². The first-order valence-corrected chi connectivity index (χ1v) is 21.9. The number of aromatic hydroxyl groups is 3. The van der Waals surface area contributed by atoms with Crippen molar-refractivity contribution in [3.63, 3.8) is 0 Å². The largest absolute Gasteiger partial charge is 0.505 e. The number of aryl methyl sites for hydroxylation is 3. The summed E-state index contributed by atoms with van der Waals surface area (Å²) in [4.78, 5) is 95.5. The number of pyridine rings is 3. The molecule has 368 valence electrons. The Morgan fingerprint density at radius 3 is 1.33 bits per heavy atom. The molecule has 22 nitrogen and oxygen atoms in total. The van der Waals surface area contributed by atoms with E-state index in [1.165, 1.54) is 64.0 Å². The van der Waals surface area contributed by atoms with Gasteiger partial charge in [-0.2, -0.15) is 0 Å². The number of nitrogens with two attached hydrogens (primary N) is 1. The number of hydrogen-bond acceptors (Lipinski definition) is 15. The topological polar surface area (TPSA) is 299 Å². The lowest BCUT2D eigenvalue weighted by molar-refractivity contribution is -0.117. The summed E-state index contributed by atoms with van der Waals surface area (Å²) in [5.41, 5.74) is 4.88. The van der Waals surface area contributed by atoms with Gasteiger partial charge >= 0.3 is 0 Å². The standard InChI is InChI=1S/C47H59N11O11/c1-29-37(59)33(10-18-53(29)2)41(63)49-14-22-57(23-15-50-42(64)34-11-19-54(3)45(67)38(34)60)27-31(26-30-6-8-32(48)9-7-30)28-58(24-16-51-43(65)35-12-20-55(4)46(68)39(35)61)25-17-52-44(66)36-13-21-56(5)47(69)40(36)62/h6-13,18-21,31,59-62H,1,14-17,22-28,48H2,2-5H3,(H,49,63)(H,50,64)(H,51,65)(H,52,66). The van der Waals surface area contributed by atoms with E-state index in [1.54, 1.807) is 30.3 Å². The molecular formula is C47H59N11O11. The Bertz CT molecular complexity index is 2730. The molecule has 3 aromatic heterocycles. The number of benzene rings is 1. The van der Waals surface area contributed by atoms with Gasteiger partial charge in [-0.1, -0.05) is 18.7 Å². The van der Waals surface area contributed by atoms with E-state index in [0.717, 1.165) is 19.3 Å². The Morgan fingerprint density at radius 1 is 0.594 bits per heavy atom. The number of nitrogens with zero attached hydrogens (tertiary/aromatic N) is 6. The molecule has 4 amide bonds. The van der Waals surface area contributed by atoms with E-state index < -0.39 is 57.6 Å². The molecule has 1 aromatic carbocycles. The second-order valence-electron chi connectivity index (χ2n) is 16.6. The summed E-state index contributed by atoms with van der Waals surface area (Å²) in [6.45, 7) is 5.51. The SMILES string of the molecule is C=C1C(O)=C(C(=O)NCCN(CCNC(=O)c2ccn(C)c(=O)c2O)CC(Cc2ccc(N)cc2)CN(CCNC(=O)c2ccn(C)c(=O)c2O)CCNC(=O)c2ccn(C)c(=O)c2O)C=CN1C. The average Bonchev–Trinajstić information content (AvgIpc) is 3.31. The van der Waals surface area contributed by atoms with Gasteiger partial charge in [0.05, 0.1) is 28.0 Å². The number of hydrogen-bond donors (Lipinski definition) is 9. The van der Waals surface area contributed by atoms with E-state index in [1.807, 2.05) is 21.9 Å². The number of carbonyl (C=O) groups excluding carboxylic acids is 4. The highest BCUT2D eigenvalue weighted by Crippen LogP contribution is 2.21. The number of aliphatic hydroxyl groups excluding tert-OH is 1. The zero-order valence-electron chi connectivity index (χ0n) is 38.9. The number of carbonyl (C=O) groups is 4. The Kier molecular flexibility index (Phi) is 17.7. The second kappa shape index (κ2) is 23.6. The van der Waals surface area contributed by atoms with Crippen LogP contribution in [-0.2, 0) is 32.4 Å². The zero-order valence-corrected chi connectivity index (χ0v) is 38.9. The molecule has 0 radical (unpaired) electrons. The van der Waals surface area contributed by atoms with Crippen molar-refractivity contribution in [2.45, 2.75) is 6.42 Å². The molecule has 22 heteroatoms. The fraction of sp³-hybridized carbons (Fsp3) is 0.340. The van der Waals surface area contributed by atoms with Crippen molar-refractivity contribution in [2.24, 2.45) is 27.1 Å². The number of nitrogens with one attached hydrogen (secondary N) is 4. The third-order valence-corrected chi connectivity index (χ3v) is 11.5. The normalized spacial score (nSPS) is 12.9. The monoisotopic (exact) mass is 953 g/mol. The van der Waals surface area contributed by atoms with Gasteiger partial charge in [0.2, 0.25) is 0 Å². The van der Waals surface area contributed by atoms with E-state index >= 15 is 0 Å². The van der Waals surface area contributed by atoms with Crippen LogP contribution in [0.5, 0.6) is 17.2 Å². The number of nitrogen functional groups attached to an aromatic ring is 1. The Morgan fingerprint density at radius 2 is 0.957 bits per heavy atom. The predicted molar refractivity (Wildman–Crippen MR) is 257 cm³/mol. The Labute approximate surface area is 396 Å². The molecule has 69 heavy (non-hydrogen) atoms. The smallest absolute Gasteiger partial charge is 0.293 e. The highest BCUT2D eigenvalue weighted by molar-refractivity contribution is 5.98. The second-order valence-corrected chi connectivity index (χ2v) is 16.6. The average molecular weight is 954 g/mol. The third-order valence-electron chi connectivity index (χ3n) is 11.5. The van der Waals surface area contributed by atoms with Crippen LogP contribution >= 0.6 is 0 Å². The molecular weight excluding hydrogens is 895 g/mol. The predicted octanol–water partition coefficient (Wildman–Crippen LogP) is -0.564. The van der Waals surface area contributed by atoms with Gasteiger partial charge in [-0.25, -0.2) is 0 Å². The summed E-state index contributed by atoms with van der Waals surface area (Å²) in [5.74, 6) is -5.26. The highest BCUT2D eigenvalue weighted by atomic mass is 16.3. The number of amides is 4. The zero-order chi connectivity index (χ0) is 50.5. The van der Waals surface area contributed by atoms with Gasteiger partial charge in [0.1, 0.15) is 0 Å². The van der Waals surface area contributed by atoms with Gasteiger partial charge in [-0.05, 0) is 54.3 Å². The van der Waals surface area contributed by atoms with Crippen LogP contribution in [0.15, 0.2) is 111 Å². The van der Waals surface area contributed by atoms with Crippen molar-refractivity contribution < 1.29 is 39.6 Å². The molecule has 0 spiro atoms. The molecule has 1 aliphatic heterocycles. The first-order valence-electron chi connectivity index (χ1n) is 21.9. The van der Waals surface area contributed by atoms with Crippen LogP contribution in [0, 0.1) is 5.92 Å². The fourth-order valence-electron chi connectivity index (χ4n) is 7.44. The van der Waals surface area contributed by atoms with Crippen LogP contribution in [0.1, 0.15) is 36.6 Å². The lowest BCUT2D eigenvalue weighted by Gasteiger charge is -2.32. The first-order chi connectivity index (χ1) is 32.8. The number of rotatable bonds is 22. The fourth-order valence-corrected chi connectivity index (χ4v) is 7.44. The summed E-state index contributed by atoms with van der Waals surface area (Å²) < 4.78 is 3.40. The molecule has 0 fully saturated rings. The molecule has 0 bridgehead atoms. The molecule has 0 aliphatic carbocycles. The quantitative estimate of drug-likeness (QED) is 0.0446. The molecule has 4 heterocycles. The maximum absolute atomic E-state index is 13.3. The van der Waals surface area contributed by atoms with Gasteiger partial charge < -0.3 is 66.0 Å². The van der Waals surface area contributed by atoms with Crippen LogP contribution in [0.4, 0.5) is 5.69 Å². The molecule has 10 N–H and O–H groups in total. The summed E-state index contributed by atoms with van der Waals surface area (Å²) in [6, 6.07) is 11.2. The lowest BCUT2D eigenvalue weighted by atomic mass is 9.97. The maximum atomic E-state index is 13.3. The Balaban J connectivity index is 1.40. The van der Waals surface area contributed by atoms with Gasteiger partial charge in [-0.15, -0.1) is 0 Å². The van der Waals surface area contributed by atoms with E-state index in [4.69, 9.17) is 5.73 Å². The lowest BCUT2D eigenvalue weighted by Crippen LogP contribution is -2.46. The Hall–Kier alpha value is -8.11. The minimum absolute atomic E-state index is 0.0247. The molecule has 0 saturated carbocycles. The minimum Gasteiger partial charge on any atom is -0.505 e. The van der Waals surface area contributed by atoms with Crippen molar-refractivity contribution in [1.29, 1.82) is 0 Å². The number of aliphatic hydroxyl groups is 1. The molecule has 5 rings (SSSR count). The van der Waals surface area contributed by atoms with E-state index in [2.05, 4.69) is 27.8 Å². The molecule has 0 saturated heterocycles. The summed E-state index contributed by atoms with van der Waals surface area (Å²) in [5, 5.41) is 53.0. The van der Waals surface area contributed by atoms with Crippen molar-refractivity contribution >= 4 is 29.3 Å². The van der Waals surface area contributed by atoms with Crippen LogP contribution in [-0.4, -0.2) is 145 Å². The highest BCUT2D eigenvalue weighted by Gasteiger charge is 2.24. The van der Waals surface area contributed by atoms with Gasteiger partial charge in [0.15, 0.2) is 23.0 Å². The van der Waals surface area contributed by atoms with Crippen molar-refractivity contribution in [3.8, 4) is 17.2 Å². The summed E-state index contributed by atoms with van der Waals surface area (Å²) >= 11 is 0. The molecule has 1 atom stereocenters. The van der Waals surface area contributed by atoms with E-state index in [-0.39, 0.29) is 92.0 Å². The summed E-state index contributed by atoms with van der Waals surface area (Å²) in [6.07, 6.45) is 7.60. The number of aromatic nitrogens is 3. The van der Waals surface area contributed by atoms with E-state index in [0.29, 0.717) is 25.2 Å². The van der Waals surface area contributed by atoms with Gasteiger partial charge in [0.25, 0.3) is 40.3 Å². The van der Waals surface area contributed by atoms with Crippen LogP contribution < -0.4 is 43.7 Å². The third kappa shape index (κ3) is 13.5.